The number of nitrogens with one attached hydrogen (secondary N) is 1. The van der Waals surface area contributed by atoms with E-state index >= 15 is 0 Å². The van der Waals surface area contributed by atoms with Crippen LogP contribution in [0, 0.1) is 5.92 Å². The number of hydrogen-bond acceptors (Lipinski definition) is 3. The predicted octanol–water partition coefficient (Wildman–Crippen LogP) is 3.39. The molecule has 0 fully saturated rings. The van der Waals surface area contributed by atoms with Gasteiger partial charge >= 0.3 is 0 Å². The number of ketones is 1. The van der Waals surface area contributed by atoms with Gasteiger partial charge in [0.2, 0.25) is 0 Å². The normalized spacial score (nSPS) is 12.5. The maximum Gasteiger partial charge on any atom is 0.156 e. The predicted molar refractivity (Wildman–Crippen MR) is 82.9 cm³/mol. The number of fused-ring (bicyclic) bond motifs is 1. The highest BCUT2D eigenvalue weighted by Gasteiger charge is 2.14. The third-order valence-electron chi connectivity index (χ3n) is 3.75. The fraction of sp³-hybridized carbons (Fsp3) is 0.235. The number of carbonyl (C=O) groups is 1. The summed E-state index contributed by atoms with van der Waals surface area (Å²) in [4.78, 5) is 23.7. The molecule has 4 nitrogen and oxygen atoms in total. The van der Waals surface area contributed by atoms with Gasteiger partial charge in [0.25, 0.3) is 0 Å². The number of nitrogens with zero attached hydrogens (tertiary/aromatic N) is 2. The van der Waals surface area contributed by atoms with Gasteiger partial charge in [-0.05, 0) is 18.9 Å². The lowest BCUT2D eigenvalue weighted by Gasteiger charge is -2.06. The van der Waals surface area contributed by atoms with Crippen molar-refractivity contribution in [2.75, 3.05) is 0 Å². The van der Waals surface area contributed by atoms with Crippen LogP contribution in [0.15, 0.2) is 42.7 Å². The summed E-state index contributed by atoms with van der Waals surface area (Å²) >= 11 is 0. The summed E-state index contributed by atoms with van der Waals surface area (Å²) in [5, 5.41) is 0. The van der Waals surface area contributed by atoms with E-state index in [1.54, 1.807) is 13.1 Å². The SMILES string of the molecule is CC(=O)C(C)Cc1c[nH]c2ncc(-c3ccccc3)nc12. The van der Waals surface area contributed by atoms with E-state index in [4.69, 9.17) is 4.98 Å². The Hall–Kier alpha value is -2.49. The molecular weight excluding hydrogens is 262 g/mol. The molecule has 0 saturated heterocycles. The fourth-order valence-corrected chi connectivity index (χ4v) is 2.32. The summed E-state index contributed by atoms with van der Waals surface area (Å²) in [6.45, 7) is 3.57. The van der Waals surface area contributed by atoms with Gasteiger partial charge in [-0.3, -0.25) is 4.79 Å². The summed E-state index contributed by atoms with van der Waals surface area (Å²) in [5.41, 5.74) is 4.54. The molecule has 21 heavy (non-hydrogen) atoms. The van der Waals surface area contributed by atoms with Crippen LogP contribution in [-0.4, -0.2) is 20.7 Å². The number of aromatic amines is 1. The van der Waals surface area contributed by atoms with Gasteiger partial charge in [0.15, 0.2) is 5.65 Å². The molecule has 0 amide bonds. The highest BCUT2D eigenvalue weighted by atomic mass is 16.1. The van der Waals surface area contributed by atoms with E-state index in [9.17, 15) is 4.79 Å². The minimum absolute atomic E-state index is 0.00817. The van der Waals surface area contributed by atoms with Crippen molar-refractivity contribution in [3.8, 4) is 11.3 Å². The monoisotopic (exact) mass is 279 g/mol. The summed E-state index contributed by atoms with van der Waals surface area (Å²) in [6, 6.07) is 9.97. The molecule has 1 aromatic carbocycles. The molecule has 2 heterocycles. The van der Waals surface area contributed by atoms with Crippen LogP contribution in [0.2, 0.25) is 0 Å². The van der Waals surface area contributed by atoms with Crippen molar-refractivity contribution < 1.29 is 4.79 Å². The third kappa shape index (κ3) is 2.70. The molecule has 106 valence electrons. The first-order valence-electron chi connectivity index (χ1n) is 7.04. The number of benzene rings is 1. The van der Waals surface area contributed by atoms with Crippen molar-refractivity contribution in [2.24, 2.45) is 5.92 Å². The topological polar surface area (TPSA) is 58.6 Å². The van der Waals surface area contributed by atoms with E-state index in [1.165, 1.54) is 0 Å². The molecule has 0 aliphatic heterocycles. The first kappa shape index (κ1) is 13.5. The largest absolute Gasteiger partial charge is 0.345 e. The van der Waals surface area contributed by atoms with Gasteiger partial charge in [-0.25, -0.2) is 9.97 Å². The smallest absolute Gasteiger partial charge is 0.156 e. The minimum atomic E-state index is -0.00817. The van der Waals surface area contributed by atoms with E-state index in [0.29, 0.717) is 6.42 Å². The van der Waals surface area contributed by atoms with Gasteiger partial charge in [-0.2, -0.15) is 0 Å². The van der Waals surface area contributed by atoms with Crippen LogP contribution in [0.4, 0.5) is 0 Å². The molecule has 0 aliphatic carbocycles. The average molecular weight is 279 g/mol. The van der Waals surface area contributed by atoms with E-state index in [-0.39, 0.29) is 11.7 Å². The summed E-state index contributed by atoms with van der Waals surface area (Å²) in [6.07, 6.45) is 4.35. The van der Waals surface area contributed by atoms with Crippen LogP contribution in [-0.2, 0) is 11.2 Å². The van der Waals surface area contributed by atoms with E-state index in [2.05, 4.69) is 9.97 Å². The van der Waals surface area contributed by atoms with Crippen LogP contribution in [0.5, 0.6) is 0 Å². The fourth-order valence-electron chi connectivity index (χ4n) is 2.32. The molecule has 0 radical (unpaired) electrons. The zero-order chi connectivity index (χ0) is 14.8. The highest BCUT2D eigenvalue weighted by molar-refractivity contribution is 5.81. The Balaban J connectivity index is 2.02. The molecule has 3 aromatic rings. The van der Waals surface area contributed by atoms with Gasteiger partial charge < -0.3 is 4.98 Å². The molecular formula is C17H17N3O. The summed E-state index contributed by atoms with van der Waals surface area (Å²) < 4.78 is 0. The Morgan fingerprint density at radius 1 is 1.29 bits per heavy atom. The third-order valence-corrected chi connectivity index (χ3v) is 3.75. The van der Waals surface area contributed by atoms with Crippen LogP contribution in [0.3, 0.4) is 0 Å². The quantitative estimate of drug-likeness (QED) is 0.796. The van der Waals surface area contributed by atoms with Crippen LogP contribution >= 0.6 is 0 Å². The second-order valence-corrected chi connectivity index (χ2v) is 5.35. The molecule has 4 heteroatoms. The highest BCUT2D eigenvalue weighted by Crippen LogP contribution is 2.22. The maximum atomic E-state index is 11.4. The van der Waals surface area contributed by atoms with Crippen molar-refractivity contribution in [3.63, 3.8) is 0 Å². The zero-order valence-electron chi connectivity index (χ0n) is 12.1. The van der Waals surface area contributed by atoms with E-state index < -0.39 is 0 Å². The van der Waals surface area contributed by atoms with Crippen molar-refractivity contribution >= 4 is 16.9 Å². The van der Waals surface area contributed by atoms with Gasteiger partial charge in [0.1, 0.15) is 11.3 Å². The molecule has 1 unspecified atom stereocenters. The van der Waals surface area contributed by atoms with E-state index in [0.717, 1.165) is 28.0 Å². The number of H-pyrrole nitrogens is 1. The Morgan fingerprint density at radius 2 is 2.05 bits per heavy atom. The molecule has 0 bridgehead atoms. The van der Waals surface area contributed by atoms with Crippen molar-refractivity contribution in [1.29, 1.82) is 0 Å². The van der Waals surface area contributed by atoms with Gasteiger partial charge in [0, 0.05) is 17.7 Å². The zero-order valence-corrected chi connectivity index (χ0v) is 12.1. The second-order valence-electron chi connectivity index (χ2n) is 5.35. The minimum Gasteiger partial charge on any atom is -0.345 e. The lowest BCUT2D eigenvalue weighted by Crippen LogP contribution is -2.09. The first-order chi connectivity index (χ1) is 10.1. The van der Waals surface area contributed by atoms with Crippen molar-refractivity contribution in [2.45, 2.75) is 20.3 Å². The molecule has 3 rings (SSSR count). The molecule has 1 N–H and O–H groups in total. The molecule has 0 saturated carbocycles. The van der Waals surface area contributed by atoms with Gasteiger partial charge in [0.05, 0.1) is 11.9 Å². The Bertz CT molecular complexity index is 777. The van der Waals surface area contributed by atoms with Crippen LogP contribution < -0.4 is 0 Å². The Morgan fingerprint density at radius 3 is 2.76 bits per heavy atom. The average Bonchev–Trinajstić information content (AvgIpc) is 2.90. The van der Waals surface area contributed by atoms with Crippen LogP contribution in [0.1, 0.15) is 19.4 Å². The number of hydrogen-bond donors (Lipinski definition) is 1. The van der Waals surface area contributed by atoms with Gasteiger partial charge in [-0.1, -0.05) is 37.3 Å². The first-order valence-corrected chi connectivity index (χ1v) is 7.04. The van der Waals surface area contributed by atoms with Crippen molar-refractivity contribution in [1.82, 2.24) is 15.0 Å². The number of rotatable bonds is 4. The summed E-state index contributed by atoms with van der Waals surface area (Å²) in [5.74, 6) is 0.183. The van der Waals surface area contributed by atoms with Crippen molar-refractivity contribution in [3.05, 3.63) is 48.3 Å². The molecule has 0 spiro atoms. The maximum absolute atomic E-state index is 11.4. The molecule has 2 aromatic heterocycles. The van der Waals surface area contributed by atoms with E-state index in [1.807, 2.05) is 43.5 Å². The Labute approximate surface area is 123 Å². The van der Waals surface area contributed by atoms with Gasteiger partial charge in [-0.15, -0.1) is 0 Å². The second kappa shape index (κ2) is 5.48. The lowest BCUT2D eigenvalue weighted by molar-refractivity contribution is -0.120. The number of aromatic nitrogens is 3. The van der Waals surface area contributed by atoms with Crippen LogP contribution in [0.25, 0.3) is 22.4 Å². The molecule has 1 atom stereocenters. The Kier molecular flexibility index (Phi) is 3.52. The number of carbonyl (C=O) groups excluding carboxylic acids is 1. The number of Topliss-reactive ketones (excluding diaryl/α,β-unsaturated/α-hetero) is 1. The molecule has 0 aliphatic rings. The standard InChI is InChI=1S/C17H17N3O/c1-11(12(2)21)8-14-9-18-17-16(14)20-15(10-19-17)13-6-4-3-5-7-13/h3-7,9-11H,8H2,1-2H3,(H,18,19). The lowest BCUT2D eigenvalue weighted by atomic mass is 9.99. The summed E-state index contributed by atoms with van der Waals surface area (Å²) in [7, 11) is 0.